The molecule has 0 spiro atoms. The first-order valence-electron chi connectivity index (χ1n) is 7.17. The maximum absolute atomic E-state index is 10.7. The second kappa shape index (κ2) is 6.36. The summed E-state index contributed by atoms with van der Waals surface area (Å²) in [6, 6.07) is 12.1. The Morgan fingerprint density at radius 3 is 2.40 bits per heavy atom. The minimum atomic E-state index is -0.829. The van der Waals surface area contributed by atoms with Crippen LogP contribution in [0.5, 0.6) is 0 Å². The topological polar surface area (TPSA) is 50.5 Å². The lowest BCUT2D eigenvalue weighted by Gasteiger charge is -2.39. The van der Waals surface area contributed by atoms with Crippen molar-refractivity contribution in [3.8, 4) is 6.07 Å². The number of aliphatic hydroxyl groups is 1. The zero-order valence-corrected chi connectivity index (χ0v) is 12.3. The van der Waals surface area contributed by atoms with Crippen LogP contribution in [0.25, 0.3) is 0 Å². The highest BCUT2D eigenvalue weighted by Gasteiger charge is 2.29. The van der Waals surface area contributed by atoms with E-state index in [1.54, 1.807) is 0 Å². The Kier molecular flexibility index (Phi) is 4.77. The summed E-state index contributed by atoms with van der Waals surface area (Å²) in [5.74, 6) is 0. The zero-order valence-electron chi connectivity index (χ0n) is 12.3. The summed E-state index contributed by atoms with van der Waals surface area (Å²) in [4.78, 5) is 4.46. The zero-order chi connectivity index (χ0) is 14.6. The Morgan fingerprint density at radius 2 is 1.85 bits per heavy atom. The van der Waals surface area contributed by atoms with Crippen molar-refractivity contribution in [1.82, 2.24) is 9.80 Å². The van der Waals surface area contributed by atoms with Crippen LogP contribution in [0.3, 0.4) is 0 Å². The molecular weight excluding hydrogens is 250 g/mol. The Labute approximate surface area is 121 Å². The Bertz CT molecular complexity index is 458. The van der Waals surface area contributed by atoms with Crippen molar-refractivity contribution in [1.29, 1.82) is 5.26 Å². The summed E-state index contributed by atoms with van der Waals surface area (Å²) < 4.78 is 0. The maximum Gasteiger partial charge on any atom is 0.0994 e. The first kappa shape index (κ1) is 15.0. The van der Waals surface area contributed by atoms with Gasteiger partial charge in [-0.1, -0.05) is 30.3 Å². The number of nitrogens with zero attached hydrogens (tertiary/aromatic N) is 3. The number of hydrogen-bond donors (Lipinski definition) is 1. The van der Waals surface area contributed by atoms with Crippen molar-refractivity contribution in [2.45, 2.75) is 25.5 Å². The number of piperazine rings is 1. The van der Waals surface area contributed by atoms with E-state index in [0.717, 1.165) is 31.7 Å². The van der Waals surface area contributed by atoms with Crippen LogP contribution in [0.2, 0.25) is 0 Å². The van der Waals surface area contributed by atoms with Gasteiger partial charge in [0.05, 0.1) is 17.7 Å². The van der Waals surface area contributed by atoms with E-state index in [2.05, 4.69) is 15.9 Å². The molecule has 1 aliphatic heterocycles. The van der Waals surface area contributed by atoms with Crippen LogP contribution >= 0.6 is 0 Å². The molecule has 2 unspecified atom stereocenters. The number of rotatable bonds is 4. The fraction of sp³-hybridized carbons (Fsp3) is 0.562. The molecule has 1 N–H and O–H groups in total. The monoisotopic (exact) mass is 273 g/mol. The molecule has 1 fully saturated rings. The van der Waals surface area contributed by atoms with E-state index in [4.69, 9.17) is 5.26 Å². The Balaban J connectivity index is 1.91. The molecule has 0 bridgehead atoms. The van der Waals surface area contributed by atoms with E-state index in [1.165, 1.54) is 0 Å². The molecule has 1 heterocycles. The predicted octanol–water partition coefficient (Wildman–Crippen LogP) is 1.42. The molecule has 1 aliphatic rings. The van der Waals surface area contributed by atoms with Crippen LogP contribution in [-0.2, 0) is 5.60 Å². The molecule has 1 aromatic rings. The minimum Gasteiger partial charge on any atom is -0.384 e. The van der Waals surface area contributed by atoms with Crippen molar-refractivity contribution in [3.63, 3.8) is 0 Å². The van der Waals surface area contributed by atoms with Crippen molar-refractivity contribution in [3.05, 3.63) is 35.9 Å². The summed E-state index contributed by atoms with van der Waals surface area (Å²) in [6.45, 7) is 8.01. The third kappa shape index (κ3) is 3.57. The normalized spacial score (nSPS) is 21.9. The lowest BCUT2D eigenvalue weighted by atomic mass is 9.95. The predicted molar refractivity (Wildman–Crippen MR) is 79.1 cm³/mol. The molecule has 0 saturated carbocycles. The van der Waals surface area contributed by atoms with Gasteiger partial charge in [-0.15, -0.1) is 0 Å². The summed E-state index contributed by atoms with van der Waals surface area (Å²) >= 11 is 0. The molecule has 1 saturated heterocycles. The molecule has 108 valence electrons. The highest BCUT2D eigenvalue weighted by Crippen LogP contribution is 2.22. The minimum absolute atomic E-state index is 0.0215. The number of hydrogen-bond acceptors (Lipinski definition) is 4. The second-order valence-corrected chi connectivity index (χ2v) is 5.76. The maximum atomic E-state index is 10.7. The van der Waals surface area contributed by atoms with Crippen LogP contribution in [0.1, 0.15) is 19.4 Å². The fourth-order valence-corrected chi connectivity index (χ4v) is 2.71. The van der Waals surface area contributed by atoms with E-state index in [-0.39, 0.29) is 6.04 Å². The molecule has 0 aliphatic carbocycles. The number of nitriles is 1. The van der Waals surface area contributed by atoms with Gasteiger partial charge in [0.15, 0.2) is 0 Å². The first-order valence-corrected chi connectivity index (χ1v) is 7.17. The molecule has 20 heavy (non-hydrogen) atoms. The van der Waals surface area contributed by atoms with Gasteiger partial charge >= 0.3 is 0 Å². The summed E-state index contributed by atoms with van der Waals surface area (Å²) in [7, 11) is 0. The van der Waals surface area contributed by atoms with Gasteiger partial charge < -0.3 is 5.11 Å². The van der Waals surface area contributed by atoms with Crippen LogP contribution in [0.4, 0.5) is 0 Å². The van der Waals surface area contributed by atoms with Gasteiger partial charge in [0.25, 0.3) is 0 Å². The van der Waals surface area contributed by atoms with Crippen molar-refractivity contribution < 1.29 is 5.11 Å². The fourth-order valence-electron chi connectivity index (χ4n) is 2.71. The average Bonchev–Trinajstić information content (AvgIpc) is 2.48. The van der Waals surface area contributed by atoms with Crippen LogP contribution < -0.4 is 0 Å². The van der Waals surface area contributed by atoms with Gasteiger partial charge in [0.1, 0.15) is 0 Å². The van der Waals surface area contributed by atoms with Crippen LogP contribution in [0.15, 0.2) is 30.3 Å². The lowest BCUT2D eigenvalue weighted by Crippen LogP contribution is -2.52. The van der Waals surface area contributed by atoms with Gasteiger partial charge in [-0.05, 0) is 19.4 Å². The smallest absolute Gasteiger partial charge is 0.0994 e. The Hall–Kier alpha value is -1.41. The quantitative estimate of drug-likeness (QED) is 0.901. The van der Waals surface area contributed by atoms with Gasteiger partial charge in [0.2, 0.25) is 0 Å². The average molecular weight is 273 g/mol. The SMILES string of the molecule is CC(C#N)N1CCN(CC(C)(O)c2ccccc2)CC1. The highest BCUT2D eigenvalue weighted by atomic mass is 16.3. The molecule has 1 aromatic carbocycles. The molecule has 4 nitrogen and oxygen atoms in total. The third-order valence-corrected chi connectivity index (χ3v) is 4.07. The molecule has 2 rings (SSSR count). The van der Waals surface area contributed by atoms with Gasteiger partial charge in [-0.3, -0.25) is 9.80 Å². The van der Waals surface area contributed by atoms with Crippen molar-refractivity contribution >= 4 is 0 Å². The van der Waals surface area contributed by atoms with Crippen molar-refractivity contribution in [2.24, 2.45) is 0 Å². The van der Waals surface area contributed by atoms with E-state index in [9.17, 15) is 5.11 Å². The molecule has 0 aromatic heterocycles. The van der Waals surface area contributed by atoms with E-state index in [0.29, 0.717) is 6.54 Å². The molecule has 0 amide bonds. The van der Waals surface area contributed by atoms with Gasteiger partial charge in [-0.25, -0.2) is 0 Å². The highest BCUT2D eigenvalue weighted by molar-refractivity contribution is 5.21. The standard InChI is InChI=1S/C16H23N3O/c1-14(12-17)19-10-8-18(9-11-19)13-16(2,20)15-6-4-3-5-7-15/h3-7,14,20H,8-11,13H2,1-2H3. The summed E-state index contributed by atoms with van der Waals surface area (Å²) in [5.41, 5.74) is 0.123. The van der Waals surface area contributed by atoms with E-state index < -0.39 is 5.60 Å². The van der Waals surface area contributed by atoms with E-state index in [1.807, 2.05) is 44.2 Å². The number of β-amino-alcohol motifs (C(OH)–C–C–N with tert-alkyl or cyclic N) is 1. The first-order chi connectivity index (χ1) is 9.53. The molecule has 4 heteroatoms. The lowest BCUT2D eigenvalue weighted by molar-refractivity contribution is -0.00134. The van der Waals surface area contributed by atoms with E-state index >= 15 is 0 Å². The number of benzene rings is 1. The largest absolute Gasteiger partial charge is 0.384 e. The van der Waals surface area contributed by atoms with Crippen LogP contribution in [0, 0.1) is 11.3 Å². The molecular formula is C16H23N3O. The van der Waals surface area contributed by atoms with Gasteiger partial charge in [0, 0.05) is 32.7 Å². The Morgan fingerprint density at radius 1 is 1.25 bits per heavy atom. The third-order valence-electron chi connectivity index (χ3n) is 4.07. The van der Waals surface area contributed by atoms with Crippen LogP contribution in [-0.4, -0.2) is 53.7 Å². The second-order valence-electron chi connectivity index (χ2n) is 5.76. The van der Waals surface area contributed by atoms with Crippen molar-refractivity contribution in [2.75, 3.05) is 32.7 Å². The molecule has 0 radical (unpaired) electrons. The molecule has 2 atom stereocenters. The summed E-state index contributed by atoms with van der Waals surface area (Å²) in [5, 5.41) is 19.6. The summed E-state index contributed by atoms with van der Waals surface area (Å²) in [6.07, 6.45) is 0. The van der Waals surface area contributed by atoms with Gasteiger partial charge in [-0.2, -0.15) is 5.26 Å².